The van der Waals surface area contributed by atoms with Crippen molar-refractivity contribution in [3.05, 3.63) is 40.9 Å². The van der Waals surface area contributed by atoms with E-state index in [0.29, 0.717) is 18.2 Å². The van der Waals surface area contributed by atoms with E-state index >= 15 is 0 Å². The molecule has 0 spiro atoms. The summed E-state index contributed by atoms with van der Waals surface area (Å²) in [6, 6.07) is 6.58. The zero-order valence-corrected chi connectivity index (χ0v) is 16.1. The fourth-order valence-electron chi connectivity index (χ4n) is 3.18. The molecule has 0 amide bonds. The Morgan fingerprint density at radius 2 is 1.78 bits per heavy atom. The van der Waals surface area contributed by atoms with Gasteiger partial charge >= 0.3 is 11.9 Å². The van der Waals surface area contributed by atoms with Crippen LogP contribution in [0, 0.1) is 0 Å². The van der Waals surface area contributed by atoms with Crippen molar-refractivity contribution in [2.45, 2.75) is 18.9 Å². The van der Waals surface area contributed by atoms with Crippen molar-refractivity contribution in [3.63, 3.8) is 0 Å². The minimum Gasteiger partial charge on any atom is -0.493 e. The lowest BCUT2D eigenvalue weighted by Crippen LogP contribution is -2.45. The molecule has 2 N–H and O–H groups in total. The smallest absolute Gasteiger partial charge is 0.328 e. The molecule has 2 heterocycles. The third-order valence-corrected chi connectivity index (χ3v) is 4.80. The zero-order valence-electron chi connectivity index (χ0n) is 15.3. The van der Waals surface area contributed by atoms with Crippen molar-refractivity contribution in [1.82, 2.24) is 9.80 Å². The van der Waals surface area contributed by atoms with Gasteiger partial charge in [-0.05, 0) is 32.0 Å². The molecule has 0 bridgehead atoms. The lowest BCUT2D eigenvalue weighted by molar-refractivity contribution is -0.134. The normalized spacial score (nSPS) is 20.7. The van der Waals surface area contributed by atoms with Crippen LogP contribution in [0.25, 0.3) is 0 Å². The Balaban J connectivity index is 0.000000279. The fraction of sp³-hybridized carbons (Fsp3) is 0.474. The van der Waals surface area contributed by atoms with Crippen LogP contribution in [0.4, 0.5) is 0 Å². The molecule has 2 aliphatic rings. The number of hydrogen-bond donors (Lipinski definition) is 2. The number of carbonyl (C=O) groups is 2. The topological polar surface area (TPSA) is 90.3 Å². The highest BCUT2D eigenvalue weighted by Gasteiger charge is 2.27. The predicted octanol–water partition coefficient (Wildman–Crippen LogP) is 2.51. The van der Waals surface area contributed by atoms with E-state index in [9.17, 15) is 9.59 Å². The first-order valence-corrected chi connectivity index (χ1v) is 9.23. The summed E-state index contributed by atoms with van der Waals surface area (Å²) in [6.45, 7) is 5.39. The van der Waals surface area contributed by atoms with E-state index < -0.39 is 11.9 Å². The molecule has 1 aromatic carbocycles. The molecule has 1 unspecified atom stereocenters. The Morgan fingerprint density at radius 3 is 2.37 bits per heavy atom. The summed E-state index contributed by atoms with van der Waals surface area (Å²) in [5.74, 6) is -1.53. The molecule has 1 aromatic rings. The second-order valence-electron chi connectivity index (χ2n) is 6.54. The van der Waals surface area contributed by atoms with E-state index in [-0.39, 0.29) is 0 Å². The summed E-state index contributed by atoms with van der Waals surface area (Å²) in [4.78, 5) is 24.1. The molecule has 1 atom stereocenters. The Morgan fingerprint density at radius 1 is 1.15 bits per heavy atom. The number of piperazine rings is 1. The van der Waals surface area contributed by atoms with Gasteiger partial charge in [0.15, 0.2) is 0 Å². The molecule has 7 nitrogen and oxygen atoms in total. The number of carboxylic acids is 2. The standard InChI is InChI=1S/C15H21ClN2O.C4H4O4/c1-17-6-8-18(9-7-17)14-3-2-10-19-15-11-12(16)4-5-13(14)15;5-3(6)1-2-4(7)8/h4-5,11,14H,2-3,6-10H2,1H3;1-2H,(H,5,6)(H,7,8)/b;2-1-. The number of benzene rings is 1. The van der Waals surface area contributed by atoms with Crippen molar-refractivity contribution in [1.29, 1.82) is 0 Å². The summed E-state index contributed by atoms with van der Waals surface area (Å²) < 4.78 is 5.85. The van der Waals surface area contributed by atoms with Crippen molar-refractivity contribution in [2.75, 3.05) is 39.8 Å². The number of ether oxygens (including phenoxy) is 1. The number of halogens is 1. The van der Waals surface area contributed by atoms with Gasteiger partial charge in [-0.3, -0.25) is 4.90 Å². The highest BCUT2D eigenvalue weighted by atomic mass is 35.5. The van der Waals surface area contributed by atoms with Crippen LogP contribution in [0.5, 0.6) is 5.75 Å². The Kier molecular flexibility index (Phi) is 8.09. The maximum Gasteiger partial charge on any atom is 0.328 e. The molecule has 1 fully saturated rings. The number of nitrogens with zero attached hydrogens (tertiary/aromatic N) is 2. The number of rotatable bonds is 3. The Hall–Kier alpha value is -2.09. The summed E-state index contributed by atoms with van der Waals surface area (Å²) in [7, 11) is 2.20. The van der Waals surface area contributed by atoms with Crippen LogP contribution in [-0.2, 0) is 9.59 Å². The molecule has 27 heavy (non-hydrogen) atoms. The molecule has 0 aliphatic carbocycles. The van der Waals surface area contributed by atoms with Crippen LogP contribution in [0.1, 0.15) is 24.4 Å². The highest BCUT2D eigenvalue weighted by Crippen LogP contribution is 2.37. The molecular formula is C19H25ClN2O5. The summed E-state index contributed by atoms with van der Waals surface area (Å²) in [5, 5.41) is 16.4. The first-order chi connectivity index (χ1) is 12.9. The Labute approximate surface area is 163 Å². The Bertz CT molecular complexity index is 671. The van der Waals surface area contributed by atoms with Crippen LogP contribution in [0.3, 0.4) is 0 Å². The fourth-order valence-corrected chi connectivity index (χ4v) is 3.34. The van der Waals surface area contributed by atoms with E-state index in [1.54, 1.807) is 0 Å². The van der Waals surface area contributed by atoms with Crippen molar-refractivity contribution < 1.29 is 24.5 Å². The van der Waals surface area contributed by atoms with E-state index in [4.69, 9.17) is 26.6 Å². The maximum absolute atomic E-state index is 9.55. The van der Waals surface area contributed by atoms with Crippen molar-refractivity contribution in [3.8, 4) is 5.75 Å². The molecular weight excluding hydrogens is 372 g/mol. The average Bonchev–Trinajstić information content (AvgIpc) is 2.83. The zero-order chi connectivity index (χ0) is 19.8. The lowest BCUT2D eigenvalue weighted by atomic mass is 9.99. The SMILES string of the molecule is CN1CCN(C2CCCOc3cc(Cl)ccc32)CC1.O=C(O)/C=C\C(=O)O. The number of fused-ring (bicyclic) bond motifs is 1. The quantitative estimate of drug-likeness (QED) is 0.758. The molecule has 3 rings (SSSR count). The van der Waals surface area contributed by atoms with Gasteiger partial charge in [0.2, 0.25) is 0 Å². The second-order valence-corrected chi connectivity index (χ2v) is 6.97. The number of likely N-dealkylation sites (N-methyl/N-ethyl adjacent to an activating group) is 1. The summed E-state index contributed by atoms with van der Waals surface area (Å²) in [5.41, 5.74) is 1.31. The van der Waals surface area contributed by atoms with Crippen LogP contribution in [0.15, 0.2) is 30.4 Å². The molecule has 0 aromatic heterocycles. The minimum atomic E-state index is -1.26. The van der Waals surface area contributed by atoms with Crippen molar-refractivity contribution in [2.24, 2.45) is 0 Å². The minimum absolute atomic E-state index is 0.489. The average molecular weight is 397 g/mol. The molecule has 0 saturated carbocycles. The summed E-state index contributed by atoms with van der Waals surface area (Å²) in [6.07, 6.45) is 3.41. The van der Waals surface area contributed by atoms with Gasteiger partial charge in [0.25, 0.3) is 0 Å². The van der Waals surface area contributed by atoms with Crippen LogP contribution in [0.2, 0.25) is 5.02 Å². The van der Waals surface area contributed by atoms with Gasteiger partial charge in [-0.25, -0.2) is 9.59 Å². The van der Waals surface area contributed by atoms with Gasteiger partial charge in [-0.2, -0.15) is 0 Å². The number of carboxylic acid groups (broad SMARTS) is 2. The number of hydrogen-bond acceptors (Lipinski definition) is 5. The van der Waals surface area contributed by atoms with Gasteiger partial charge < -0.3 is 19.8 Å². The molecule has 0 radical (unpaired) electrons. The van der Waals surface area contributed by atoms with Gasteiger partial charge in [-0.15, -0.1) is 0 Å². The predicted molar refractivity (Wildman–Crippen MR) is 102 cm³/mol. The molecule has 2 aliphatic heterocycles. The van der Waals surface area contributed by atoms with Gasteiger partial charge in [0, 0.05) is 55.0 Å². The largest absolute Gasteiger partial charge is 0.493 e. The van der Waals surface area contributed by atoms with E-state index in [2.05, 4.69) is 22.9 Å². The van der Waals surface area contributed by atoms with Crippen LogP contribution < -0.4 is 4.74 Å². The van der Waals surface area contributed by atoms with Crippen LogP contribution in [-0.4, -0.2) is 71.8 Å². The molecule has 8 heteroatoms. The molecule has 1 saturated heterocycles. The van der Waals surface area contributed by atoms with Crippen molar-refractivity contribution >= 4 is 23.5 Å². The number of aliphatic carboxylic acids is 2. The van der Waals surface area contributed by atoms with E-state index in [1.165, 1.54) is 12.0 Å². The summed E-state index contributed by atoms with van der Waals surface area (Å²) >= 11 is 6.08. The van der Waals surface area contributed by atoms with Gasteiger partial charge in [0.1, 0.15) is 5.75 Å². The van der Waals surface area contributed by atoms with Gasteiger partial charge in [0.05, 0.1) is 6.61 Å². The van der Waals surface area contributed by atoms with Gasteiger partial charge in [-0.1, -0.05) is 17.7 Å². The van der Waals surface area contributed by atoms with E-state index in [1.807, 2.05) is 12.1 Å². The monoisotopic (exact) mass is 396 g/mol. The first-order valence-electron chi connectivity index (χ1n) is 8.85. The first kappa shape index (κ1) is 21.2. The molecule has 148 valence electrons. The maximum atomic E-state index is 9.55. The van der Waals surface area contributed by atoms with E-state index in [0.717, 1.165) is 50.0 Å². The lowest BCUT2D eigenvalue weighted by Gasteiger charge is -2.38. The highest BCUT2D eigenvalue weighted by molar-refractivity contribution is 6.30. The second kappa shape index (κ2) is 10.3. The third kappa shape index (κ3) is 6.86. The third-order valence-electron chi connectivity index (χ3n) is 4.56. The van der Waals surface area contributed by atoms with Crippen LogP contribution >= 0.6 is 11.6 Å².